The molecule has 0 unspecified atom stereocenters. The van der Waals surface area contributed by atoms with Gasteiger partial charge in [-0.05, 0) is 25.0 Å². The van der Waals surface area contributed by atoms with Crippen LogP contribution in [0.1, 0.15) is 37.8 Å². The van der Waals surface area contributed by atoms with E-state index >= 15 is 0 Å². The molecule has 0 spiro atoms. The quantitative estimate of drug-likeness (QED) is 0.785. The molecule has 1 N–H and O–H groups in total. The molecule has 1 aliphatic carbocycles. The van der Waals surface area contributed by atoms with E-state index in [1.807, 2.05) is 12.1 Å². The molecule has 1 heterocycles. The highest BCUT2D eigenvalue weighted by Crippen LogP contribution is 2.30. The van der Waals surface area contributed by atoms with Crippen LogP contribution in [-0.2, 0) is 6.42 Å². The Morgan fingerprint density at radius 3 is 2.67 bits per heavy atom. The summed E-state index contributed by atoms with van der Waals surface area (Å²) in [6.45, 7) is 0. The predicted molar refractivity (Wildman–Crippen MR) is 61.0 cm³/mol. The number of hydrogen-bond acceptors (Lipinski definition) is 2. The van der Waals surface area contributed by atoms with Crippen LogP contribution in [0.2, 0.25) is 5.15 Å². The Hall–Kier alpha value is -0.600. The summed E-state index contributed by atoms with van der Waals surface area (Å²) >= 11 is 5.82. The van der Waals surface area contributed by atoms with Gasteiger partial charge in [0, 0.05) is 12.1 Å². The number of aliphatic hydroxyl groups is 1. The maximum absolute atomic E-state index is 10.3. The molecule has 0 amide bonds. The number of nitrogens with zero attached hydrogens (tertiary/aromatic N) is 1. The normalized spacial score (nSPS) is 20.1. The van der Waals surface area contributed by atoms with Crippen LogP contribution in [-0.4, -0.2) is 15.7 Å². The number of aromatic nitrogens is 1. The Morgan fingerprint density at radius 1 is 1.27 bits per heavy atom. The summed E-state index contributed by atoms with van der Waals surface area (Å²) in [6, 6.07) is 5.57. The van der Waals surface area contributed by atoms with Gasteiger partial charge in [-0.1, -0.05) is 36.9 Å². The van der Waals surface area contributed by atoms with Gasteiger partial charge in [-0.2, -0.15) is 0 Å². The third-order valence-corrected chi connectivity index (χ3v) is 3.28. The third-order valence-electron chi connectivity index (χ3n) is 3.07. The number of hydrogen-bond donors (Lipinski definition) is 1. The first kappa shape index (κ1) is 10.9. The van der Waals surface area contributed by atoms with E-state index in [1.54, 1.807) is 6.07 Å². The smallest absolute Gasteiger partial charge is 0.129 e. The number of pyridine rings is 1. The van der Waals surface area contributed by atoms with E-state index in [2.05, 4.69) is 4.98 Å². The first-order valence-electron chi connectivity index (χ1n) is 5.52. The number of rotatable bonds is 2. The molecular weight excluding hydrogens is 210 g/mol. The van der Waals surface area contributed by atoms with E-state index < -0.39 is 5.60 Å². The van der Waals surface area contributed by atoms with Gasteiger partial charge in [-0.3, -0.25) is 0 Å². The average molecular weight is 226 g/mol. The van der Waals surface area contributed by atoms with Crippen LogP contribution in [0.25, 0.3) is 0 Å². The summed E-state index contributed by atoms with van der Waals surface area (Å²) in [5, 5.41) is 10.8. The van der Waals surface area contributed by atoms with Crippen LogP contribution in [0.3, 0.4) is 0 Å². The zero-order valence-electron chi connectivity index (χ0n) is 8.75. The Morgan fingerprint density at radius 2 is 2.00 bits per heavy atom. The van der Waals surface area contributed by atoms with Gasteiger partial charge < -0.3 is 5.11 Å². The van der Waals surface area contributed by atoms with E-state index in [-0.39, 0.29) is 0 Å². The molecule has 1 aliphatic rings. The van der Waals surface area contributed by atoms with Crippen LogP contribution in [0.4, 0.5) is 0 Å². The van der Waals surface area contributed by atoms with Crippen LogP contribution in [0.15, 0.2) is 18.2 Å². The summed E-state index contributed by atoms with van der Waals surface area (Å²) in [4.78, 5) is 4.22. The first-order valence-corrected chi connectivity index (χ1v) is 5.90. The minimum Gasteiger partial charge on any atom is -0.389 e. The largest absolute Gasteiger partial charge is 0.389 e. The Bertz CT molecular complexity index is 334. The molecule has 0 saturated heterocycles. The highest BCUT2D eigenvalue weighted by Gasteiger charge is 2.29. The first-order chi connectivity index (χ1) is 7.18. The Balaban J connectivity index is 2.06. The molecule has 0 atom stereocenters. The fourth-order valence-electron chi connectivity index (χ4n) is 2.27. The summed E-state index contributed by atoms with van der Waals surface area (Å²) < 4.78 is 0. The lowest BCUT2D eigenvalue weighted by Crippen LogP contribution is -2.34. The van der Waals surface area contributed by atoms with Crippen molar-refractivity contribution < 1.29 is 5.11 Å². The molecule has 2 rings (SSSR count). The molecule has 1 aromatic heterocycles. The van der Waals surface area contributed by atoms with Crippen LogP contribution in [0.5, 0.6) is 0 Å². The molecule has 82 valence electrons. The van der Waals surface area contributed by atoms with Gasteiger partial charge in [0.25, 0.3) is 0 Å². The van der Waals surface area contributed by atoms with Gasteiger partial charge in [0.1, 0.15) is 5.15 Å². The summed E-state index contributed by atoms with van der Waals surface area (Å²) in [6.07, 6.45) is 5.90. The van der Waals surface area contributed by atoms with Gasteiger partial charge in [0.2, 0.25) is 0 Å². The van der Waals surface area contributed by atoms with E-state index in [4.69, 9.17) is 11.6 Å². The minimum atomic E-state index is -0.546. The Labute approximate surface area is 95.3 Å². The van der Waals surface area contributed by atoms with Gasteiger partial charge in [-0.25, -0.2) is 4.98 Å². The summed E-state index contributed by atoms with van der Waals surface area (Å²) in [5.41, 5.74) is 0.350. The monoisotopic (exact) mass is 225 g/mol. The molecule has 0 aliphatic heterocycles. The number of halogens is 1. The van der Waals surface area contributed by atoms with Crippen molar-refractivity contribution in [2.75, 3.05) is 0 Å². The molecule has 2 nitrogen and oxygen atoms in total. The van der Waals surface area contributed by atoms with Crippen molar-refractivity contribution in [1.29, 1.82) is 0 Å². The third kappa shape index (κ3) is 2.93. The van der Waals surface area contributed by atoms with Crippen LogP contribution >= 0.6 is 11.6 Å². The van der Waals surface area contributed by atoms with Crippen molar-refractivity contribution in [3.8, 4) is 0 Å². The maximum atomic E-state index is 10.3. The lowest BCUT2D eigenvalue weighted by atomic mass is 9.81. The zero-order valence-corrected chi connectivity index (χ0v) is 9.50. The van der Waals surface area contributed by atoms with Crippen molar-refractivity contribution in [1.82, 2.24) is 4.98 Å². The van der Waals surface area contributed by atoms with Gasteiger partial charge in [-0.15, -0.1) is 0 Å². The SMILES string of the molecule is OC1(Cc2cccc(Cl)n2)CCCCC1. The molecule has 0 bridgehead atoms. The van der Waals surface area contributed by atoms with Crippen LogP contribution < -0.4 is 0 Å². The van der Waals surface area contributed by atoms with Gasteiger partial charge in [0.05, 0.1) is 5.60 Å². The molecule has 0 aromatic carbocycles. The minimum absolute atomic E-state index is 0.506. The van der Waals surface area contributed by atoms with Gasteiger partial charge >= 0.3 is 0 Å². The lowest BCUT2D eigenvalue weighted by Gasteiger charge is -2.31. The van der Waals surface area contributed by atoms with Crippen molar-refractivity contribution in [2.45, 2.75) is 44.1 Å². The van der Waals surface area contributed by atoms with E-state index in [1.165, 1.54) is 6.42 Å². The summed E-state index contributed by atoms with van der Waals surface area (Å²) in [7, 11) is 0. The topological polar surface area (TPSA) is 33.1 Å². The fraction of sp³-hybridized carbons (Fsp3) is 0.583. The summed E-state index contributed by atoms with van der Waals surface area (Å²) in [5.74, 6) is 0. The highest BCUT2D eigenvalue weighted by molar-refractivity contribution is 6.29. The second-order valence-electron chi connectivity index (χ2n) is 4.41. The predicted octanol–water partition coefficient (Wildman–Crippen LogP) is 2.97. The molecule has 0 radical (unpaired) electrons. The van der Waals surface area contributed by atoms with Crippen LogP contribution in [0, 0.1) is 0 Å². The molecule has 1 aromatic rings. The zero-order chi connectivity index (χ0) is 10.7. The molecular formula is C12H16ClNO. The van der Waals surface area contributed by atoms with Crippen molar-refractivity contribution in [3.63, 3.8) is 0 Å². The standard InChI is InChI=1S/C12H16ClNO/c13-11-6-4-5-10(14-11)9-12(15)7-2-1-3-8-12/h4-6,15H,1-3,7-9H2. The second-order valence-corrected chi connectivity index (χ2v) is 4.80. The highest BCUT2D eigenvalue weighted by atomic mass is 35.5. The average Bonchev–Trinajstić information content (AvgIpc) is 2.18. The van der Waals surface area contributed by atoms with Crippen molar-refractivity contribution >= 4 is 11.6 Å². The molecule has 1 fully saturated rings. The lowest BCUT2D eigenvalue weighted by molar-refractivity contribution is 0.00368. The van der Waals surface area contributed by atoms with Crippen molar-refractivity contribution in [3.05, 3.63) is 29.0 Å². The maximum Gasteiger partial charge on any atom is 0.129 e. The molecule has 1 saturated carbocycles. The van der Waals surface area contributed by atoms with E-state index in [9.17, 15) is 5.11 Å². The molecule has 3 heteroatoms. The van der Waals surface area contributed by atoms with E-state index in [0.29, 0.717) is 11.6 Å². The van der Waals surface area contributed by atoms with E-state index in [0.717, 1.165) is 31.4 Å². The van der Waals surface area contributed by atoms with Gasteiger partial charge in [0.15, 0.2) is 0 Å². The fourth-order valence-corrected chi connectivity index (χ4v) is 2.45. The Kier molecular flexibility index (Phi) is 3.27. The second kappa shape index (κ2) is 4.50. The van der Waals surface area contributed by atoms with Crippen molar-refractivity contribution in [2.24, 2.45) is 0 Å². The molecule has 15 heavy (non-hydrogen) atoms.